The number of hydrogen-bond donors (Lipinski definition) is 1. The lowest BCUT2D eigenvalue weighted by molar-refractivity contribution is -0.151. The number of rotatable bonds is 12. The van der Waals surface area contributed by atoms with Gasteiger partial charge in [0.05, 0.1) is 75.4 Å². The summed E-state index contributed by atoms with van der Waals surface area (Å²) in [6.45, 7) is 6.94. The van der Waals surface area contributed by atoms with Crippen molar-refractivity contribution in [1.82, 2.24) is 4.90 Å². The molecule has 0 unspecified atom stereocenters. The maximum absolute atomic E-state index is 16.2. The fourth-order valence-corrected chi connectivity index (χ4v) is 16.3. The Morgan fingerprint density at radius 2 is 1.34 bits per heavy atom. The Labute approximate surface area is 432 Å². The molecule has 14 heteroatoms. The third kappa shape index (κ3) is 8.63. The molecule has 5 aliphatic rings. The lowest BCUT2D eigenvalue weighted by Gasteiger charge is -2.39. The number of hydrazone groups is 2. The average Bonchev–Trinajstić information content (AvgIpc) is 3.95. The molecule has 0 bridgehead atoms. The van der Waals surface area contributed by atoms with Gasteiger partial charge in [0.1, 0.15) is 5.75 Å². The average molecular weight is 1010 g/mol. The van der Waals surface area contributed by atoms with E-state index < -0.39 is 31.7 Å². The molecule has 0 saturated carbocycles. The molecule has 6 aromatic carbocycles. The van der Waals surface area contributed by atoms with Gasteiger partial charge < -0.3 is 24.4 Å². The molecular formula is C60H60N6O7Si. The number of amides is 4. The van der Waals surface area contributed by atoms with Crippen molar-refractivity contribution in [2.75, 3.05) is 28.6 Å². The number of carbonyl (C=O) groups excluding carboxylic acids is 4. The minimum absolute atomic E-state index is 0.0168. The summed E-state index contributed by atoms with van der Waals surface area (Å²) in [6.07, 6.45) is 1.37. The van der Waals surface area contributed by atoms with Crippen LogP contribution in [0.15, 0.2) is 162 Å². The highest BCUT2D eigenvalue weighted by atomic mass is 28.3. The molecule has 0 aromatic heterocycles. The molecule has 74 heavy (non-hydrogen) atoms. The molecule has 6 aromatic rings. The van der Waals surface area contributed by atoms with Crippen LogP contribution in [-0.4, -0.2) is 79.0 Å². The van der Waals surface area contributed by atoms with Gasteiger partial charge >= 0.3 is 0 Å². The normalized spacial score (nSPS) is 22.7. The summed E-state index contributed by atoms with van der Waals surface area (Å²) in [4.78, 5) is 62.2. The van der Waals surface area contributed by atoms with Crippen LogP contribution in [0.2, 0.25) is 18.6 Å². The van der Waals surface area contributed by atoms with Crippen LogP contribution in [0.1, 0.15) is 72.4 Å². The Kier molecular flexibility index (Phi) is 13.0. The van der Waals surface area contributed by atoms with Crippen molar-refractivity contribution >= 4 is 65.4 Å². The molecule has 0 radical (unpaired) electrons. The van der Waals surface area contributed by atoms with E-state index in [9.17, 15) is 14.7 Å². The maximum Gasteiger partial charge on any atom is 0.264 e. The number of aliphatic hydroxyl groups is 1. The zero-order valence-corrected chi connectivity index (χ0v) is 43.2. The molecule has 4 amide bonds. The smallest absolute Gasteiger partial charge is 0.264 e. The minimum Gasteiger partial charge on any atom is -0.497 e. The number of ether oxygens (including phenoxy) is 2. The monoisotopic (exact) mass is 1000 g/mol. The highest BCUT2D eigenvalue weighted by Gasteiger charge is 2.67. The van der Waals surface area contributed by atoms with Crippen molar-refractivity contribution in [2.45, 2.75) is 94.9 Å². The largest absolute Gasteiger partial charge is 0.497 e. The summed E-state index contributed by atoms with van der Waals surface area (Å²) in [6, 6.07) is 48.6. The van der Waals surface area contributed by atoms with E-state index in [4.69, 9.17) is 19.7 Å². The Morgan fingerprint density at radius 3 is 1.96 bits per heavy atom. The molecule has 13 nitrogen and oxygen atoms in total. The lowest BCUT2D eigenvalue weighted by Crippen LogP contribution is -2.52. The van der Waals surface area contributed by atoms with Gasteiger partial charge in [0.2, 0.25) is 17.7 Å². The van der Waals surface area contributed by atoms with Gasteiger partial charge in [0.15, 0.2) is 5.60 Å². The molecule has 1 fully saturated rings. The van der Waals surface area contributed by atoms with E-state index in [1.807, 2.05) is 133 Å². The van der Waals surface area contributed by atoms with Gasteiger partial charge in [-0.2, -0.15) is 10.2 Å². The molecule has 0 aliphatic carbocycles. The third-order valence-corrected chi connectivity index (χ3v) is 20.5. The molecule has 5 aliphatic heterocycles. The number of anilines is 3. The molecular weight excluding hydrogens is 945 g/mol. The fourth-order valence-electron chi connectivity index (χ4n) is 12.3. The summed E-state index contributed by atoms with van der Waals surface area (Å²) in [5.74, 6) is -0.475. The SMILES string of the molecule is COc1ccc([Si](C)(C)[C@H]2[C@H](CC(=O)N3Cc4ccccc4C[C@H]3CO)O[C@@]3(C(=O)N(Cc4cccc(N5N=C(c6ccccc6)CCC5=O)c4)c4ccc(N5N=C(c6ccccc6)CCC5=O)cc43)[C@@H]2C)cc1. The van der Waals surface area contributed by atoms with E-state index in [2.05, 4.69) is 38.2 Å². The summed E-state index contributed by atoms with van der Waals surface area (Å²) in [5, 5.41) is 24.5. The molecule has 5 heterocycles. The minimum atomic E-state index is -2.72. The third-order valence-electron chi connectivity index (χ3n) is 16.1. The fraction of sp³-hybridized carbons (Fsp3) is 0.300. The van der Waals surface area contributed by atoms with E-state index in [0.717, 1.165) is 50.2 Å². The van der Waals surface area contributed by atoms with Crippen molar-refractivity contribution < 1.29 is 33.8 Å². The van der Waals surface area contributed by atoms with Crippen LogP contribution < -0.4 is 24.8 Å². The van der Waals surface area contributed by atoms with Gasteiger partial charge in [-0.1, -0.05) is 134 Å². The number of fused-ring (bicyclic) bond motifs is 3. The second-order valence-electron chi connectivity index (χ2n) is 20.7. The van der Waals surface area contributed by atoms with Crippen molar-refractivity contribution in [1.29, 1.82) is 0 Å². The number of hydrogen-bond acceptors (Lipinski definition) is 9. The Morgan fingerprint density at radius 1 is 0.730 bits per heavy atom. The van der Waals surface area contributed by atoms with E-state index in [0.29, 0.717) is 54.9 Å². The van der Waals surface area contributed by atoms with Crippen LogP contribution in [-0.2, 0) is 49.0 Å². The summed E-state index contributed by atoms with van der Waals surface area (Å²) < 4.78 is 13.1. The first kappa shape index (κ1) is 48.7. The van der Waals surface area contributed by atoms with Crippen LogP contribution >= 0.6 is 0 Å². The zero-order valence-electron chi connectivity index (χ0n) is 42.2. The van der Waals surface area contributed by atoms with Crippen LogP contribution in [0.25, 0.3) is 0 Å². The number of benzene rings is 6. The second-order valence-corrected chi connectivity index (χ2v) is 25.4. The molecule has 1 saturated heterocycles. The van der Waals surface area contributed by atoms with Crippen molar-refractivity contribution in [3.63, 3.8) is 0 Å². The lowest BCUT2D eigenvalue weighted by atomic mass is 9.82. The Hall–Kier alpha value is -7.52. The van der Waals surface area contributed by atoms with Crippen molar-refractivity contribution in [3.8, 4) is 5.75 Å². The number of methoxy groups -OCH3 is 1. The van der Waals surface area contributed by atoms with Gasteiger partial charge in [-0.3, -0.25) is 19.2 Å². The van der Waals surface area contributed by atoms with E-state index >= 15 is 9.59 Å². The van der Waals surface area contributed by atoms with Gasteiger partial charge in [-0.15, -0.1) is 0 Å². The molecule has 5 atom stereocenters. The van der Waals surface area contributed by atoms with Crippen LogP contribution in [0.4, 0.5) is 17.1 Å². The molecule has 1 N–H and O–H groups in total. The van der Waals surface area contributed by atoms with E-state index in [-0.39, 0.29) is 55.2 Å². The summed E-state index contributed by atoms with van der Waals surface area (Å²) >= 11 is 0. The van der Waals surface area contributed by atoms with E-state index in [1.54, 1.807) is 16.9 Å². The van der Waals surface area contributed by atoms with Crippen molar-refractivity contribution in [2.24, 2.45) is 16.1 Å². The zero-order chi connectivity index (χ0) is 51.3. The quantitative estimate of drug-likeness (QED) is 0.121. The van der Waals surface area contributed by atoms with Crippen LogP contribution in [0.3, 0.4) is 0 Å². The summed E-state index contributed by atoms with van der Waals surface area (Å²) in [7, 11) is -1.08. The Bertz CT molecular complexity index is 3220. The predicted molar refractivity (Wildman–Crippen MR) is 289 cm³/mol. The first-order valence-electron chi connectivity index (χ1n) is 25.6. The first-order valence-corrected chi connectivity index (χ1v) is 28.7. The van der Waals surface area contributed by atoms with Gasteiger partial charge in [0.25, 0.3) is 5.91 Å². The Balaban J connectivity index is 1.02. The molecule has 11 rings (SSSR count). The maximum atomic E-state index is 16.2. The van der Waals surface area contributed by atoms with Crippen molar-refractivity contribution in [3.05, 3.63) is 185 Å². The number of carbonyl (C=O) groups is 4. The van der Waals surface area contributed by atoms with Gasteiger partial charge in [0, 0.05) is 43.7 Å². The van der Waals surface area contributed by atoms with Gasteiger partial charge in [-0.05, 0) is 82.2 Å². The standard InChI is InChI=1S/C60H60N6O7Si/c1-39-58(74(3,4)49-25-23-48(72-2)24-26-49)54(35-57(70)63-37-44-20-12-11-19-43(44)33-47(63)38-67)73-60(39)50-34-46(66-56(69)31-28-52(62-66)42-17-9-6-10-18-42)22-29-53(50)64(59(60)71)36-40-14-13-21-45(32-40)65-55(68)30-27-51(61-65)41-15-7-5-8-16-41/h5-26,29,32,34,39,47,54,58,67H,27-28,30-31,33,35-38H2,1-4H3/t39-,47+,54+,58-,60+/m1/s1. The highest BCUT2D eigenvalue weighted by molar-refractivity contribution is 6.91. The second kappa shape index (κ2) is 19.7. The molecule has 1 spiro atoms. The van der Waals surface area contributed by atoms with Crippen LogP contribution in [0.5, 0.6) is 5.75 Å². The number of aliphatic hydroxyl groups excluding tert-OH is 1. The number of nitrogens with zero attached hydrogens (tertiary/aromatic N) is 6. The topological polar surface area (TPSA) is 145 Å². The molecule has 376 valence electrons. The van der Waals surface area contributed by atoms with E-state index in [1.165, 1.54) is 10.0 Å². The van der Waals surface area contributed by atoms with Gasteiger partial charge in [-0.25, -0.2) is 10.0 Å². The first-order chi connectivity index (χ1) is 35.9. The predicted octanol–water partition coefficient (Wildman–Crippen LogP) is 8.86. The highest BCUT2D eigenvalue weighted by Crippen LogP contribution is 2.61. The summed E-state index contributed by atoms with van der Waals surface area (Å²) in [5.41, 5.74) is 6.83. The van der Waals surface area contributed by atoms with Crippen LogP contribution in [0, 0.1) is 5.92 Å².